The van der Waals surface area contributed by atoms with Crippen molar-refractivity contribution in [3.8, 4) is 11.8 Å². The third-order valence-electron chi connectivity index (χ3n) is 2.20. The minimum absolute atomic E-state index is 0.240. The van der Waals surface area contributed by atoms with Crippen molar-refractivity contribution < 1.29 is 22.7 Å². The van der Waals surface area contributed by atoms with E-state index in [0.29, 0.717) is 0 Å². The molecule has 96 valence electrons. The Morgan fingerprint density at radius 1 is 1.50 bits per heavy atom. The third-order valence-corrected chi connectivity index (χ3v) is 2.45. The summed E-state index contributed by atoms with van der Waals surface area (Å²) in [7, 11) is 1.14. The van der Waals surface area contributed by atoms with Gasteiger partial charge in [0.05, 0.1) is 18.6 Å². The SMILES string of the molecule is COc1ccc(C(=O)CCl)c(C(F)(F)F)c1C#N. The molecule has 0 radical (unpaired) electrons. The Bertz CT molecular complexity index is 520. The average Bonchev–Trinajstić information content (AvgIpc) is 2.34. The number of nitrogens with zero attached hydrogens (tertiary/aromatic N) is 1. The van der Waals surface area contributed by atoms with Crippen molar-refractivity contribution >= 4 is 17.4 Å². The Morgan fingerprint density at radius 2 is 2.11 bits per heavy atom. The lowest BCUT2D eigenvalue weighted by Gasteiger charge is -2.15. The van der Waals surface area contributed by atoms with Gasteiger partial charge < -0.3 is 4.74 Å². The summed E-state index contributed by atoms with van der Waals surface area (Å²) in [6.07, 6.45) is -4.84. The van der Waals surface area contributed by atoms with Crippen molar-refractivity contribution in [3.05, 3.63) is 28.8 Å². The van der Waals surface area contributed by atoms with Crippen LogP contribution in [0, 0.1) is 11.3 Å². The summed E-state index contributed by atoms with van der Waals surface area (Å²) >= 11 is 5.25. The predicted molar refractivity (Wildman–Crippen MR) is 57.8 cm³/mol. The van der Waals surface area contributed by atoms with Crippen molar-refractivity contribution in [1.82, 2.24) is 0 Å². The minimum Gasteiger partial charge on any atom is -0.495 e. The second-order valence-corrected chi connectivity index (χ2v) is 3.50. The average molecular weight is 278 g/mol. The summed E-state index contributed by atoms with van der Waals surface area (Å²) in [5.74, 6) is -1.74. The molecule has 0 aliphatic rings. The number of ketones is 1. The summed E-state index contributed by atoms with van der Waals surface area (Å²) in [6, 6.07) is 3.48. The topological polar surface area (TPSA) is 50.1 Å². The van der Waals surface area contributed by atoms with Gasteiger partial charge in [0.15, 0.2) is 5.78 Å². The summed E-state index contributed by atoms with van der Waals surface area (Å²) in [4.78, 5) is 11.4. The Labute approximate surface area is 106 Å². The summed E-state index contributed by atoms with van der Waals surface area (Å²) in [6.45, 7) is 0. The highest BCUT2D eigenvalue weighted by Gasteiger charge is 2.39. The van der Waals surface area contributed by atoms with Crippen molar-refractivity contribution in [3.63, 3.8) is 0 Å². The molecule has 1 aromatic rings. The fourth-order valence-electron chi connectivity index (χ4n) is 1.46. The molecule has 0 fully saturated rings. The van der Waals surface area contributed by atoms with Gasteiger partial charge in [-0.1, -0.05) is 0 Å². The molecule has 0 unspecified atom stereocenters. The van der Waals surface area contributed by atoms with Crippen LogP contribution in [-0.2, 0) is 6.18 Å². The molecule has 0 N–H and O–H groups in total. The largest absolute Gasteiger partial charge is 0.495 e. The first-order valence-electron chi connectivity index (χ1n) is 4.64. The Balaban J connectivity index is 3.67. The molecule has 0 heterocycles. The molecule has 7 heteroatoms. The van der Waals surface area contributed by atoms with Crippen LogP contribution >= 0.6 is 11.6 Å². The molecule has 3 nitrogen and oxygen atoms in total. The van der Waals surface area contributed by atoms with Gasteiger partial charge in [0, 0.05) is 5.56 Å². The molecule has 0 aliphatic carbocycles. The van der Waals surface area contributed by atoms with Crippen molar-refractivity contribution in [1.29, 1.82) is 5.26 Å². The maximum Gasteiger partial charge on any atom is 0.418 e. The molecule has 0 saturated heterocycles. The van der Waals surface area contributed by atoms with Crippen LogP contribution in [-0.4, -0.2) is 18.8 Å². The second-order valence-electron chi connectivity index (χ2n) is 3.23. The van der Waals surface area contributed by atoms with E-state index in [1.807, 2.05) is 0 Å². The standard InChI is InChI=1S/C11H7ClF3NO2/c1-18-9-3-2-6(8(17)4-12)10(7(9)5-16)11(13,14)15/h2-3H,4H2,1H3. The molecule has 0 aromatic heterocycles. The van der Waals surface area contributed by atoms with E-state index in [9.17, 15) is 18.0 Å². The molecule has 1 aromatic carbocycles. The highest BCUT2D eigenvalue weighted by atomic mass is 35.5. The molecule has 1 rings (SSSR count). The molecule has 0 atom stereocenters. The molecular weight excluding hydrogens is 271 g/mol. The number of methoxy groups -OCH3 is 1. The number of nitriles is 1. The number of carbonyl (C=O) groups excluding carboxylic acids is 1. The van der Waals surface area contributed by atoms with Gasteiger partial charge in [0.2, 0.25) is 0 Å². The highest BCUT2D eigenvalue weighted by Crippen LogP contribution is 2.38. The number of hydrogen-bond acceptors (Lipinski definition) is 3. The summed E-state index contributed by atoms with van der Waals surface area (Å²) < 4.78 is 43.4. The number of benzene rings is 1. The van der Waals surface area contributed by atoms with Crippen LogP contribution in [0.3, 0.4) is 0 Å². The van der Waals surface area contributed by atoms with E-state index in [0.717, 1.165) is 19.2 Å². The Hall–Kier alpha value is -1.74. The molecule has 0 bridgehead atoms. The van der Waals surface area contributed by atoms with Gasteiger partial charge in [0.1, 0.15) is 17.4 Å². The van der Waals surface area contributed by atoms with Crippen molar-refractivity contribution in [2.24, 2.45) is 0 Å². The maximum absolute atomic E-state index is 12.9. The second kappa shape index (κ2) is 5.27. The summed E-state index contributed by atoms with van der Waals surface area (Å²) in [5, 5.41) is 8.80. The van der Waals surface area contributed by atoms with Crippen molar-refractivity contribution in [2.45, 2.75) is 6.18 Å². The van der Waals surface area contributed by atoms with Crippen LogP contribution < -0.4 is 4.74 Å². The Kier molecular flexibility index (Phi) is 4.19. The van der Waals surface area contributed by atoms with Crippen molar-refractivity contribution in [2.75, 3.05) is 13.0 Å². The van der Waals surface area contributed by atoms with E-state index in [1.165, 1.54) is 6.07 Å². The van der Waals surface area contributed by atoms with Crippen LogP contribution in [0.15, 0.2) is 12.1 Å². The first-order chi connectivity index (χ1) is 8.36. The van der Waals surface area contributed by atoms with E-state index >= 15 is 0 Å². The molecule has 0 amide bonds. The van der Waals surface area contributed by atoms with Gasteiger partial charge in [-0.3, -0.25) is 4.79 Å². The quantitative estimate of drug-likeness (QED) is 0.630. The van der Waals surface area contributed by atoms with Crippen LogP contribution in [0.25, 0.3) is 0 Å². The number of Topliss-reactive ketones (excluding diaryl/α,β-unsaturated/α-hetero) is 1. The predicted octanol–water partition coefficient (Wildman–Crippen LogP) is 3.01. The lowest BCUT2D eigenvalue weighted by molar-refractivity contribution is -0.138. The molecule has 0 spiro atoms. The van der Waals surface area contributed by atoms with E-state index in [2.05, 4.69) is 4.74 Å². The third kappa shape index (κ3) is 2.57. The normalized spacial score (nSPS) is 10.9. The van der Waals surface area contributed by atoms with Gasteiger partial charge in [0.25, 0.3) is 0 Å². The lowest BCUT2D eigenvalue weighted by atomic mass is 9.97. The van der Waals surface area contributed by atoms with Crippen LogP contribution in [0.2, 0.25) is 0 Å². The number of rotatable bonds is 3. The molecular formula is C11H7ClF3NO2. The number of carbonyl (C=O) groups is 1. The van der Waals surface area contributed by atoms with Gasteiger partial charge >= 0.3 is 6.18 Å². The van der Waals surface area contributed by atoms with Crippen LogP contribution in [0.5, 0.6) is 5.75 Å². The number of ether oxygens (including phenoxy) is 1. The Morgan fingerprint density at radius 3 is 2.50 bits per heavy atom. The van der Waals surface area contributed by atoms with E-state index < -0.39 is 34.5 Å². The monoisotopic (exact) mass is 277 g/mol. The lowest BCUT2D eigenvalue weighted by Crippen LogP contribution is -2.16. The number of hydrogen-bond donors (Lipinski definition) is 0. The van der Waals surface area contributed by atoms with E-state index in [-0.39, 0.29) is 5.75 Å². The maximum atomic E-state index is 12.9. The number of alkyl halides is 4. The van der Waals surface area contributed by atoms with E-state index in [1.54, 1.807) is 0 Å². The zero-order chi connectivity index (χ0) is 13.9. The molecule has 18 heavy (non-hydrogen) atoms. The molecule has 0 saturated carbocycles. The van der Waals surface area contributed by atoms with E-state index in [4.69, 9.17) is 16.9 Å². The smallest absolute Gasteiger partial charge is 0.418 e. The summed E-state index contributed by atoms with van der Waals surface area (Å²) in [5.41, 5.74) is -2.66. The first-order valence-corrected chi connectivity index (χ1v) is 5.17. The fraction of sp³-hybridized carbons (Fsp3) is 0.273. The molecule has 0 aliphatic heterocycles. The fourth-order valence-corrected chi connectivity index (χ4v) is 1.61. The van der Waals surface area contributed by atoms with Gasteiger partial charge in [-0.05, 0) is 12.1 Å². The number of halogens is 4. The van der Waals surface area contributed by atoms with Gasteiger partial charge in [-0.2, -0.15) is 18.4 Å². The highest BCUT2D eigenvalue weighted by molar-refractivity contribution is 6.30. The minimum atomic E-state index is -4.84. The van der Waals surface area contributed by atoms with Gasteiger partial charge in [-0.25, -0.2) is 0 Å². The van der Waals surface area contributed by atoms with Crippen LogP contribution in [0.4, 0.5) is 13.2 Å². The zero-order valence-corrected chi connectivity index (χ0v) is 9.89. The van der Waals surface area contributed by atoms with Gasteiger partial charge in [-0.15, -0.1) is 11.6 Å². The zero-order valence-electron chi connectivity index (χ0n) is 9.14. The van der Waals surface area contributed by atoms with Crippen LogP contribution in [0.1, 0.15) is 21.5 Å². The first kappa shape index (κ1) is 14.3.